The molecule has 0 radical (unpaired) electrons. The van der Waals surface area contributed by atoms with E-state index in [4.69, 9.17) is 0 Å². The molecule has 1 saturated carbocycles. The molecule has 0 atom stereocenters. The maximum absolute atomic E-state index is 13.8. The lowest BCUT2D eigenvalue weighted by atomic mass is 9.83. The molecule has 1 aliphatic carbocycles. The first kappa shape index (κ1) is 17.7. The van der Waals surface area contributed by atoms with Crippen molar-refractivity contribution in [3.8, 4) is 11.3 Å². The molecule has 0 bridgehead atoms. The Morgan fingerprint density at radius 1 is 1.26 bits per heavy atom. The zero-order valence-corrected chi connectivity index (χ0v) is 15.1. The number of fused-ring (bicyclic) bond motifs is 1. The van der Waals surface area contributed by atoms with E-state index in [1.807, 2.05) is 19.1 Å². The number of aromatic nitrogens is 2. The van der Waals surface area contributed by atoms with Crippen LogP contribution in [0.25, 0.3) is 22.2 Å². The molecule has 140 valence electrons. The quantitative estimate of drug-likeness (QED) is 0.659. The van der Waals surface area contributed by atoms with Crippen LogP contribution in [0.4, 0.5) is 4.39 Å². The summed E-state index contributed by atoms with van der Waals surface area (Å²) in [4.78, 5) is 19.6. The van der Waals surface area contributed by atoms with E-state index < -0.39 is 5.60 Å². The second-order valence-electron chi connectivity index (χ2n) is 7.54. The highest BCUT2D eigenvalue weighted by Crippen LogP contribution is 2.29. The highest BCUT2D eigenvalue weighted by Gasteiger charge is 2.29. The van der Waals surface area contributed by atoms with Gasteiger partial charge in [-0.25, -0.2) is 4.39 Å². The van der Waals surface area contributed by atoms with Gasteiger partial charge in [0.05, 0.1) is 23.0 Å². The van der Waals surface area contributed by atoms with Gasteiger partial charge in [0.2, 0.25) is 0 Å². The van der Waals surface area contributed by atoms with Crippen molar-refractivity contribution >= 4 is 16.8 Å². The van der Waals surface area contributed by atoms with Crippen molar-refractivity contribution in [1.82, 2.24) is 15.3 Å². The van der Waals surface area contributed by atoms with Gasteiger partial charge >= 0.3 is 0 Å². The van der Waals surface area contributed by atoms with Crippen LogP contribution in [-0.2, 0) is 0 Å². The van der Waals surface area contributed by atoms with E-state index in [0.29, 0.717) is 35.0 Å². The summed E-state index contributed by atoms with van der Waals surface area (Å²) in [6, 6.07) is 9.05. The predicted octanol–water partition coefficient (Wildman–Crippen LogP) is 3.79. The topological polar surface area (TPSA) is 78.0 Å². The zero-order chi connectivity index (χ0) is 19.0. The van der Waals surface area contributed by atoms with E-state index in [0.717, 1.165) is 18.4 Å². The van der Waals surface area contributed by atoms with Crippen LogP contribution < -0.4 is 5.32 Å². The van der Waals surface area contributed by atoms with Crippen LogP contribution in [0.1, 0.15) is 43.0 Å². The largest absolute Gasteiger partial charge is 0.390 e. The average Bonchev–Trinajstić information content (AvgIpc) is 3.15. The monoisotopic (exact) mass is 367 g/mol. The van der Waals surface area contributed by atoms with Gasteiger partial charge in [-0.3, -0.25) is 9.78 Å². The molecule has 1 aromatic carbocycles. The molecule has 0 saturated heterocycles. The first-order valence-corrected chi connectivity index (χ1v) is 9.18. The normalized spacial score (nSPS) is 22.7. The Kier molecular flexibility index (Phi) is 4.44. The van der Waals surface area contributed by atoms with Gasteiger partial charge in [-0.2, -0.15) is 0 Å². The Morgan fingerprint density at radius 3 is 2.67 bits per heavy atom. The Bertz CT molecular complexity index is 969. The molecule has 0 aliphatic heterocycles. The summed E-state index contributed by atoms with van der Waals surface area (Å²) in [5.41, 5.74) is 1.88. The fraction of sp³-hybridized carbons (Fsp3) is 0.333. The maximum Gasteiger partial charge on any atom is 0.251 e. The molecule has 1 fully saturated rings. The van der Waals surface area contributed by atoms with Gasteiger partial charge in [0.25, 0.3) is 5.91 Å². The molecule has 5 nitrogen and oxygen atoms in total. The van der Waals surface area contributed by atoms with E-state index in [2.05, 4.69) is 15.3 Å². The smallest absolute Gasteiger partial charge is 0.251 e. The van der Waals surface area contributed by atoms with Gasteiger partial charge < -0.3 is 15.4 Å². The fourth-order valence-corrected chi connectivity index (χ4v) is 3.68. The minimum absolute atomic E-state index is 0.0932. The summed E-state index contributed by atoms with van der Waals surface area (Å²) in [5.74, 6) is -0.506. The molecular weight excluding hydrogens is 345 g/mol. The molecule has 1 aliphatic rings. The number of carbonyl (C=O) groups is 1. The first-order valence-electron chi connectivity index (χ1n) is 9.18. The second kappa shape index (κ2) is 6.78. The van der Waals surface area contributed by atoms with Crippen molar-refractivity contribution in [2.24, 2.45) is 0 Å². The van der Waals surface area contributed by atoms with Crippen molar-refractivity contribution < 1.29 is 14.3 Å². The SMILES string of the molecule is CC1(O)CCC(NC(=O)c2ccc(-c3ncc(F)c4[nH]ccc34)cc2)CC1. The van der Waals surface area contributed by atoms with Crippen molar-refractivity contribution in [1.29, 1.82) is 0 Å². The summed E-state index contributed by atoms with van der Waals surface area (Å²) in [5, 5.41) is 13.8. The number of pyridine rings is 1. The van der Waals surface area contributed by atoms with Crippen LogP contribution >= 0.6 is 0 Å². The number of aromatic amines is 1. The van der Waals surface area contributed by atoms with Gasteiger partial charge in [0.15, 0.2) is 5.82 Å². The summed E-state index contributed by atoms with van der Waals surface area (Å²) in [6.45, 7) is 1.84. The highest BCUT2D eigenvalue weighted by atomic mass is 19.1. The summed E-state index contributed by atoms with van der Waals surface area (Å²) in [7, 11) is 0. The Morgan fingerprint density at radius 2 is 1.96 bits per heavy atom. The van der Waals surface area contributed by atoms with Gasteiger partial charge in [-0.15, -0.1) is 0 Å². The van der Waals surface area contributed by atoms with Crippen LogP contribution in [0.15, 0.2) is 42.7 Å². The van der Waals surface area contributed by atoms with E-state index in [-0.39, 0.29) is 17.8 Å². The average molecular weight is 367 g/mol. The molecule has 0 unspecified atom stereocenters. The standard InChI is InChI=1S/C21H22FN3O2/c1-21(27)9-6-15(7-10-21)25-20(26)14-4-2-13(3-5-14)18-16-8-11-23-19(16)17(22)12-24-18/h2-5,8,11-12,15,23,27H,6-7,9-10H2,1H3,(H,25,26). The molecule has 0 spiro atoms. The summed E-state index contributed by atoms with van der Waals surface area (Å²) >= 11 is 0. The van der Waals surface area contributed by atoms with E-state index >= 15 is 0 Å². The summed E-state index contributed by atoms with van der Waals surface area (Å²) < 4.78 is 13.8. The number of halogens is 1. The third-order valence-corrected chi connectivity index (χ3v) is 5.37. The van der Waals surface area contributed by atoms with Gasteiger partial charge in [0, 0.05) is 28.8 Å². The molecule has 2 heterocycles. The van der Waals surface area contributed by atoms with Crippen molar-refractivity contribution in [2.75, 3.05) is 0 Å². The molecule has 3 aromatic rings. The van der Waals surface area contributed by atoms with Crippen molar-refractivity contribution in [3.63, 3.8) is 0 Å². The minimum Gasteiger partial charge on any atom is -0.390 e. The van der Waals surface area contributed by atoms with Crippen LogP contribution in [0, 0.1) is 5.82 Å². The van der Waals surface area contributed by atoms with Gasteiger partial charge in [0.1, 0.15) is 0 Å². The Balaban J connectivity index is 1.49. The molecule has 27 heavy (non-hydrogen) atoms. The number of aliphatic hydroxyl groups is 1. The second-order valence-corrected chi connectivity index (χ2v) is 7.54. The maximum atomic E-state index is 13.8. The van der Waals surface area contributed by atoms with Gasteiger partial charge in [-0.05, 0) is 50.8 Å². The van der Waals surface area contributed by atoms with Crippen LogP contribution in [0.3, 0.4) is 0 Å². The minimum atomic E-state index is -0.616. The lowest BCUT2D eigenvalue weighted by Crippen LogP contribution is -2.42. The van der Waals surface area contributed by atoms with E-state index in [1.54, 1.807) is 24.4 Å². The number of nitrogens with one attached hydrogen (secondary N) is 2. The Labute approximate surface area is 156 Å². The third kappa shape index (κ3) is 3.57. The molecular formula is C21H22FN3O2. The van der Waals surface area contributed by atoms with Gasteiger partial charge in [-0.1, -0.05) is 12.1 Å². The number of rotatable bonds is 3. The highest BCUT2D eigenvalue weighted by molar-refractivity contribution is 5.96. The number of amides is 1. The van der Waals surface area contributed by atoms with Crippen LogP contribution in [0.5, 0.6) is 0 Å². The van der Waals surface area contributed by atoms with Crippen LogP contribution in [-0.4, -0.2) is 32.6 Å². The number of H-pyrrole nitrogens is 1. The number of nitrogens with zero attached hydrogens (tertiary/aromatic N) is 1. The van der Waals surface area contributed by atoms with Crippen molar-refractivity contribution in [2.45, 2.75) is 44.2 Å². The number of benzene rings is 1. The van der Waals surface area contributed by atoms with Crippen LogP contribution in [0.2, 0.25) is 0 Å². The molecule has 2 aromatic heterocycles. The molecule has 6 heteroatoms. The fourth-order valence-electron chi connectivity index (χ4n) is 3.68. The predicted molar refractivity (Wildman–Crippen MR) is 102 cm³/mol. The zero-order valence-electron chi connectivity index (χ0n) is 15.1. The van der Waals surface area contributed by atoms with E-state index in [1.165, 1.54) is 6.20 Å². The van der Waals surface area contributed by atoms with E-state index in [9.17, 15) is 14.3 Å². The molecule has 3 N–H and O–H groups in total. The Hall–Kier alpha value is -2.73. The number of hydrogen-bond acceptors (Lipinski definition) is 3. The lowest BCUT2D eigenvalue weighted by molar-refractivity contribution is 0.0140. The lowest BCUT2D eigenvalue weighted by Gasteiger charge is -2.33. The molecule has 1 amide bonds. The number of carbonyl (C=O) groups excluding carboxylic acids is 1. The number of hydrogen-bond donors (Lipinski definition) is 3. The van der Waals surface area contributed by atoms with Crippen molar-refractivity contribution in [3.05, 3.63) is 54.1 Å². The first-order chi connectivity index (χ1) is 12.9. The summed E-state index contributed by atoms with van der Waals surface area (Å²) in [6.07, 6.45) is 5.83. The third-order valence-electron chi connectivity index (χ3n) is 5.37. The molecule has 4 rings (SSSR count).